The van der Waals surface area contributed by atoms with Crippen LogP contribution >= 0.6 is 0 Å². The van der Waals surface area contributed by atoms with Gasteiger partial charge in [-0.25, -0.2) is 9.78 Å². The highest BCUT2D eigenvalue weighted by Crippen LogP contribution is 2.40. The predicted molar refractivity (Wildman–Crippen MR) is 131 cm³/mol. The summed E-state index contributed by atoms with van der Waals surface area (Å²) in [5, 5.41) is 22.1. The van der Waals surface area contributed by atoms with Crippen molar-refractivity contribution in [2.45, 2.75) is 38.9 Å². The van der Waals surface area contributed by atoms with Crippen LogP contribution in [0.15, 0.2) is 36.8 Å². The van der Waals surface area contributed by atoms with Gasteiger partial charge >= 0.3 is 5.97 Å². The summed E-state index contributed by atoms with van der Waals surface area (Å²) in [6, 6.07) is 7.11. The number of nitrogens with zero attached hydrogens (tertiary/aromatic N) is 7. The number of likely N-dealkylation sites (tertiary alicyclic amines) is 2. The first-order valence-corrected chi connectivity index (χ1v) is 12.6. The van der Waals surface area contributed by atoms with Gasteiger partial charge in [-0.15, -0.1) is 5.10 Å². The van der Waals surface area contributed by atoms with E-state index in [4.69, 9.17) is 4.74 Å². The van der Waals surface area contributed by atoms with Gasteiger partial charge in [0, 0.05) is 43.4 Å². The van der Waals surface area contributed by atoms with Crippen LogP contribution in [0.5, 0.6) is 0 Å². The van der Waals surface area contributed by atoms with Gasteiger partial charge in [-0.1, -0.05) is 6.07 Å². The second-order valence-corrected chi connectivity index (χ2v) is 10.4. The number of hydrogen-bond donors (Lipinski definition) is 1. The van der Waals surface area contributed by atoms with Crippen molar-refractivity contribution >= 4 is 11.9 Å². The first-order valence-electron chi connectivity index (χ1n) is 12.6. The summed E-state index contributed by atoms with van der Waals surface area (Å²) in [4.78, 5) is 33.7. The molecule has 0 radical (unpaired) electrons. The summed E-state index contributed by atoms with van der Waals surface area (Å²) in [6.07, 6.45) is 5.40. The molecule has 2 fully saturated rings. The zero-order chi connectivity index (χ0) is 25.6. The van der Waals surface area contributed by atoms with Gasteiger partial charge < -0.3 is 14.7 Å². The third-order valence-electron chi connectivity index (χ3n) is 8.04. The number of ether oxygens (including phenoxy) is 1. The molecule has 1 N–H and O–H groups in total. The summed E-state index contributed by atoms with van der Waals surface area (Å²) in [5.41, 5.74) is 3.83. The van der Waals surface area contributed by atoms with Gasteiger partial charge in [-0.3, -0.25) is 9.69 Å². The highest BCUT2D eigenvalue weighted by Gasteiger charge is 2.43. The van der Waals surface area contributed by atoms with Gasteiger partial charge in [-0.05, 0) is 72.5 Å². The van der Waals surface area contributed by atoms with Gasteiger partial charge in [0.25, 0.3) is 5.91 Å². The van der Waals surface area contributed by atoms with E-state index >= 15 is 0 Å². The summed E-state index contributed by atoms with van der Waals surface area (Å²) in [5.74, 6) is 0.245. The Morgan fingerprint density at radius 1 is 1.19 bits per heavy atom. The van der Waals surface area contributed by atoms with Crippen LogP contribution < -0.4 is 0 Å². The molecule has 3 aliphatic heterocycles. The number of amides is 1. The van der Waals surface area contributed by atoms with Crippen LogP contribution in [0.4, 0.5) is 0 Å². The number of carbonyl (C=O) groups excluding carboxylic acids is 2. The monoisotopic (exact) mass is 503 g/mol. The van der Waals surface area contributed by atoms with Gasteiger partial charge in [-0.2, -0.15) is 4.68 Å². The number of rotatable bonds is 5. The second-order valence-electron chi connectivity index (χ2n) is 10.4. The Hall–Kier alpha value is -3.70. The molecular weight excluding hydrogens is 474 g/mol. The zero-order valence-electron chi connectivity index (χ0n) is 20.7. The number of fused-ring (bicyclic) bond motifs is 1. The number of pyridine rings is 1. The van der Waals surface area contributed by atoms with Gasteiger partial charge in [0.1, 0.15) is 12.9 Å². The van der Waals surface area contributed by atoms with Crippen molar-refractivity contribution in [3.8, 4) is 5.82 Å². The summed E-state index contributed by atoms with van der Waals surface area (Å²) in [6.45, 7) is 5.89. The molecular formula is C26H29N7O4. The predicted octanol–water partition coefficient (Wildman–Crippen LogP) is 1.70. The molecule has 1 spiro atoms. The molecule has 3 aliphatic rings. The number of hydrogen-bond acceptors (Lipinski definition) is 9. The Kier molecular flexibility index (Phi) is 5.96. The normalized spacial score (nSPS) is 22.3. The van der Waals surface area contributed by atoms with E-state index in [0.29, 0.717) is 30.0 Å². The molecule has 1 aromatic carbocycles. The molecule has 6 rings (SSSR count). The van der Waals surface area contributed by atoms with Crippen LogP contribution in [0.3, 0.4) is 0 Å². The summed E-state index contributed by atoms with van der Waals surface area (Å²) >= 11 is 0. The molecule has 1 amide bonds. The highest BCUT2D eigenvalue weighted by molar-refractivity contribution is 5.94. The van der Waals surface area contributed by atoms with Crippen LogP contribution in [0.25, 0.3) is 5.82 Å². The minimum atomic E-state index is -0.651. The van der Waals surface area contributed by atoms with Crippen LogP contribution in [0.2, 0.25) is 0 Å². The number of aliphatic hydroxyl groups is 1. The van der Waals surface area contributed by atoms with Crippen LogP contribution in [-0.2, 0) is 11.3 Å². The topological polar surface area (TPSA) is 127 Å². The number of aliphatic hydroxyl groups excluding tert-OH is 1. The fourth-order valence-electron chi connectivity index (χ4n) is 6.07. The molecule has 2 aromatic heterocycles. The second kappa shape index (κ2) is 9.31. The lowest BCUT2D eigenvalue weighted by Gasteiger charge is -2.40. The van der Waals surface area contributed by atoms with Crippen LogP contribution in [0.1, 0.15) is 62.8 Å². The molecule has 2 saturated heterocycles. The minimum Gasteiger partial charge on any atom is -0.457 e. The maximum absolute atomic E-state index is 13.3. The zero-order valence-corrected chi connectivity index (χ0v) is 20.7. The Bertz CT molecular complexity index is 1330. The molecule has 3 aromatic rings. The van der Waals surface area contributed by atoms with E-state index in [-0.39, 0.29) is 23.9 Å². The number of piperidine rings is 1. The van der Waals surface area contributed by atoms with E-state index < -0.39 is 6.10 Å². The lowest BCUT2D eigenvalue weighted by Crippen LogP contribution is -2.47. The van der Waals surface area contributed by atoms with Crippen molar-refractivity contribution in [1.29, 1.82) is 0 Å². The molecule has 192 valence electrons. The van der Waals surface area contributed by atoms with Crippen LogP contribution in [-0.4, -0.2) is 84.7 Å². The molecule has 2 atom stereocenters. The molecule has 11 heteroatoms. The smallest absolute Gasteiger partial charge is 0.338 e. The molecule has 11 nitrogen and oxygen atoms in total. The van der Waals surface area contributed by atoms with Crippen molar-refractivity contribution in [2.75, 3.05) is 32.7 Å². The van der Waals surface area contributed by atoms with Gasteiger partial charge in [0.2, 0.25) is 0 Å². The Morgan fingerprint density at radius 2 is 2.08 bits per heavy atom. The quantitative estimate of drug-likeness (QED) is 0.518. The van der Waals surface area contributed by atoms with Crippen molar-refractivity contribution in [2.24, 2.45) is 5.41 Å². The van der Waals surface area contributed by atoms with E-state index in [9.17, 15) is 14.7 Å². The number of aromatic nitrogens is 5. The van der Waals surface area contributed by atoms with Crippen molar-refractivity contribution < 1.29 is 19.4 Å². The van der Waals surface area contributed by atoms with Crippen molar-refractivity contribution in [3.05, 3.63) is 64.6 Å². The lowest BCUT2D eigenvalue weighted by molar-refractivity contribution is 0.0503. The van der Waals surface area contributed by atoms with Gasteiger partial charge in [0.05, 0.1) is 17.2 Å². The maximum atomic E-state index is 13.3. The molecule has 5 heterocycles. The van der Waals surface area contributed by atoms with E-state index in [1.54, 1.807) is 24.4 Å². The Morgan fingerprint density at radius 3 is 2.86 bits per heavy atom. The first kappa shape index (κ1) is 23.7. The van der Waals surface area contributed by atoms with E-state index in [2.05, 4.69) is 25.4 Å². The summed E-state index contributed by atoms with van der Waals surface area (Å²) < 4.78 is 6.60. The molecule has 0 saturated carbocycles. The van der Waals surface area contributed by atoms with E-state index in [1.165, 1.54) is 11.0 Å². The first-order chi connectivity index (χ1) is 17.9. The van der Waals surface area contributed by atoms with Crippen molar-refractivity contribution in [1.82, 2.24) is 35.0 Å². The third-order valence-corrected chi connectivity index (χ3v) is 8.04. The van der Waals surface area contributed by atoms with Gasteiger partial charge in [0.15, 0.2) is 5.82 Å². The maximum Gasteiger partial charge on any atom is 0.338 e. The number of cyclic esters (lactones) is 1. The summed E-state index contributed by atoms with van der Waals surface area (Å²) in [7, 11) is 0. The number of β-amino-alcohol motifs (C(OH)–C–C–N with tert-alkyl or cyclic N) is 1. The van der Waals surface area contributed by atoms with E-state index in [1.807, 2.05) is 17.9 Å². The third kappa shape index (κ3) is 4.38. The van der Waals surface area contributed by atoms with Crippen molar-refractivity contribution in [3.63, 3.8) is 0 Å². The average molecular weight is 504 g/mol. The molecule has 37 heavy (non-hydrogen) atoms. The lowest BCUT2D eigenvalue weighted by atomic mass is 9.79. The fourth-order valence-corrected chi connectivity index (χ4v) is 6.07. The standard InChI is InChI=1S/C26H29N7O4/c1-17-19(4-5-20-21(17)13-37-25(20)36)22(34)12-31-10-8-26(14-31)7-2-9-32(15-26)24(35)18-3-6-23(27-11-18)33-16-28-29-30-33/h3-6,11,16,22,34H,2,7-10,12-15H2,1H3/t22-,26?/m0/s1. The highest BCUT2D eigenvalue weighted by atomic mass is 16.5. The number of tetrazole rings is 1. The molecule has 1 unspecified atom stereocenters. The number of benzene rings is 1. The number of carbonyl (C=O) groups is 2. The van der Waals surface area contributed by atoms with Crippen LogP contribution in [0, 0.1) is 12.3 Å². The van der Waals surface area contributed by atoms with E-state index in [0.717, 1.165) is 55.6 Å². The molecule has 0 bridgehead atoms. The average Bonchev–Trinajstić information content (AvgIpc) is 3.66. The number of esters is 1. The fraction of sp³-hybridized carbons (Fsp3) is 0.462. The Balaban J connectivity index is 1.10. The molecule has 0 aliphatic carbocycles. The SMILES string of the molecule is Cc1c([C@@H](O)CN2CCC3(CCCN(C(=O)c4ccc(-n5cnnn5)nc4)C3)C2)ccc2c1COC2=O. The largest absolute Gasteiger partial charge is 0.457 e. The Labute approximate surface area is 214 Å². The minimum absolute atomic E-state index is 0.0149.